The molecule has 0 saturated carbocycles. The zero-order chi connectivity index (χ0) is 44.2. The number of hydrogen-bond donors (Lipinski definition) is 0. The summed E-state index contributed by atoms with van der Waals surface area (Å²) >= 11 is 113. The van der Waals surface area contributed by atoms with Crippen LogP contribution >= 0.6 is 209 Å². The van der Waals surface area contributed by atoms with Gasteiger partial charge in [-0.3, -0.25) is 0 Å². The van der Waals surface area contributed by atoms with Crippen LogP contribution in [0.1, 0.15) is 45.2 Å². The zero-order valence-electron chi connectivity index (χ0n) is 29.4. The summed E-state index contributed by atoms with van der Waals surface area (Å²) < 4.78 is 6.08. The third-order valence-electron chi connectivity index (χ3n) is 7.56. The van der Waals surface area contributed by atoms with Crippen molar-refractivity contribution in [3.63, 3.8) is 0 Å². The Hall–Kier alpha value is 1.66. The van der Waals surface area contributed by atoms with Gasteiger partial charge in [-0.15, -0.1) is 0 Å². The number of aromatic nitrogens is 4. The Bertz CT molecular complexity index is 1970. The summed E-state index contributed by atoms with van der Waals surface area (Å²) in [4.78, 5) is 15.9. The molecule has 0 aliphatic heterocycles. The molecule has 2 aromatic heterocycles. The SMILES string of the molecule is Clc1cc(Cl)c(C(c2c(Cl)cc(Cl)cc2Cl)c2c(Cl)nc(Cl)nc2Cl)c(Cl)c1.Clc1cc(Cl)c(C(c2c(Cl)cc(Cl)cc2Cl)c2c(Cl)nc(Cl)nc2Cl)c(Cl)c1.[3H][B]C.[Pm]. The van der Waals surface area contributed by atoms with Crippen molar-refractivity contribution in [3.05, 3.63) is 173 Å². The molecule has 2 heterocycles. The van der Waals surface area contributed by atoms with E-state index in [1.807, 2.05) is 0 Å². The normalized spacial score (nSPS) is 11.0. The number of rotatable bonds is 6. The Balaban J connectivity index is 0.000000296. The molecule has 0 atom stereocenters. The fourth-order valence-electron chi connectivity index (χ4n) is 5.44. The van der Waals surface area contributed by atoms with Crippen LogP contribution in [-0.2, 0) is 0 Å². The van der Waals surface area contributed by atoms with Crippen LogP contribution in [0.4, 0.5) is 0 Å². The molecule has 0 saturated heterocycles. The number of halogens is 18. The van der Waals surface area contributed by atoms with Crippen molar-refractivity contribution in [1.29, 1.82) is 1.34 Å². The van der Waals surface area contributed by atoms with Crippen LogP contribution in [0.25, 0.3) is 0 Å². The molecule has 0 unspecified atom stereocenters. The molecule has 4 nitrogen and oxygen atoms in total. The van der Waals surface area contributed by atoms with Crippen molar-refractivity contribution in [2.45, 2.75) is 18.7 Å². The van der Waals surface area contributed by atoms with Gasteiger partial charge in [0.1, 0.15) is 20.6 Å². The fraction of sp³-hybridized carbons (Fsp3) is 0.0857. The van der Waals surface area contributed by atoms with Crippen LogP contribution in [0.15, 0.2) is 48.5 Å². The van der Waals surface area contributed by atoms with Crippen LogP contribution in [0, 0.1) is 40.4 Å². The second-order valence-corrected chi connectivity index (χ2v) is 18.1. The largest absolute Gasteiger partial charge is 0.225 e. The van der Waals surface area contributed by atoms with Crippen LogP contribution in [0.5, 0.6) is 0 Å². The molecule has 0 amide bonds. The maximum absolute atomic E-state index is 6.47. The quantitative estimate of drug-likeness (QED) is 0.0947. The van der Waals surface area contributed by atoms with Gasteiger partial charge in [0.05, 0.1) is 7.81 Å². The molecule has 0 fully saturated rings. The van der Waals surface area contributed by atoms with Gasteiger partial charge in [-0.2, -0.15) is 0 Å². The Morgan fingerprint density at radius 3 is 0.661 bits per heavy atom. The summed E-state index contributed by atoms with van der Waals surface area (Å²) in [5.74, 6) is -1.65. The predicted octanol–water partition coefficient (Wildman–Crippen LogP) is 19.0. The summed E-state index contributed by atoms with van der Waals surface area (Å²) in [6.07, 6.45) is 0. The Labute approximate surface area is 463 Å². The fourth-order valence-corrected chi connectivity index (χ4v) is 11.3. The summed E-state index contributed by atoms with van der Waals surface area (Å²) in [6, 6.07) is 12.2. The molecule has 0 aliphatic rings. The van der Waals surface area contributed by atoms with Crippen molar-refractivity contribution in [1.82, 2.24) is 19.9 Å². The van der Waals surface area contributed by atoms with Gasteiger partial charge in [-0.05, 0) is 73.1 Å². The Morgan fingerprint density at radius 2 is 0.508 bits per heavy atom. The monoisotopic (exact) mass is 1280 g/mol. The second-order valence-electron chi connectivity index (χ2n) is 11.0. The van der Waals surface area contributed by atoms with E-state index in [2.05, 4.69) is 19.9 Å². The third kappa shape index (κ3) is 13.4. The van der Waals surface area contributed by atoms with E-state index in [1.54, 1.807) is 6.82 Å². The summed E-state index contributed by atoms with van der Waals surface area (Å²) in [5, 5.41) is 3.00. The van der Waals surface area contributed by atoms with Crippen molar-refractivity contribution < 1.29 is 40.4 Å². The average Bonchev–Trinajstić information content (AvgIpc) is 3.06. The summed E-state index contributed by atoms with van der Waals surface area (Å²) in [5.41, 5.74) is 2.18. The average molecular weight is 1290 g/mol. The van der Waals surface area contributed by atoms with Gasteiger partial charge >= 0.3 is 0 Å². The molecular formula is C35H14BCl18N4Pm. The summed E-state index contributed by atoms with van der Waals surface area (Å²) in [6.45, 7) is 1.67. The predicted molar refractivity (Wildman–Crippen MR) is 255 cm³/mol. The van der Waals surface area contributed by atoms with Gasteiger partial charge in [-0.1, -0.05) is 192 Å². The molecule has 0 N–H and O–H groups in total. The van der Waals surface area contributed by atoms with Gasteiger partial charge in [0.15, 0.2) is 0 Å². The molecule has 2 radical (unpaired) electrons. The number of benzene rings is 4. The molecule has 4 aromatic carbocycles. The third-order valence-corrected chi connectivity index (χ3v) is 12.4. The molecule has 308 valence electrons. The molecule has 0 aliphatic carbocycles. The zero-order valence-corrected chi connectivity index (χ0v) is 44.9. The van der Waals surface area contributed by atoms with Crippen LogP contribution in [0.2, 0.25) is 98.3 Å². The summed E-state index contributed by atoms with van der Waals surface area (Å²) in [7, 11) is 1.25. The standard InChI is InChI=1S/2C17H5Cl9N2.CH4B.Pm/c2*18-5-1-7(20)11(8(21)2-5)13(12-9(22)3-6(19)4-10(12)23)14-15(24)27-17(26)28-16(14)25;1-2;/h2*1-4,13H;2H,1H3;/i;;2T;. The minimum Gasteiger partial charge on any atom is -0.206 e. The van der Waals surface area contributed by atoms with Gasteiger partial charge in [0, 0.05) is 146 Å². The van der Waals surface area contributed by atoms with E-state index in [9.17, 15) is 0 Å². The smallest absolute Gasteiger partial charge is 0.206 e. The first-order valence-electron chi connectivity index (χ1n) is 15.7. The van der Waals surface area contributed by atoms with Gasteiger partial charge in [0.2, 0.25) is 10.6 Å². The maximum atomic E-state index is 6.47. The van der Waals surface area contributed by atoms with E-state index in [1.165, 1.54) is 56.3 Å². The van der Waals surface area contributed by atoms with E-state index in [4.69, 9.17) is 210 Å². The topological polar surface area (TPSA) is 51.6 Å². The van der Waals surface area contributed by atoms with Crippen LogP contribution in [0.3, 0.4) is 0 Å². The van der Waals surface area contributed by atoms with Gasteiger partial charge in [0.25, 0.3) is 0 Å². The number of hydrogen-bond acceptors (Lipinski definition) is 4. The van der Waals surface area contributed by atoms with Crippen molar-refractivity contribution in [3.8, 4) is 0 Å². The van der Waals surface area contributed by atoms with Gasteiger partial charge < -0.3 is 0 Å². The first-order chi connectivity index (χ1) is 27.6. The van der Waals surface area contributed by atoms with Crippen LogP contribution in [-0.4, -0.2) is 29.1 Å². The minimum atomic E-state index is -0.827. The molecule has 6 rings (SSSR count). The van der Waals surface area contributed by atoms with E-state index in [0.717, 1.165) is 0 Å². The van der Waals surface area contributed by atoms with Crippen molar-refractivity contribution in [2.75, 3.05) is 0 Å². The molecule has 24 heteroatoms. The Kier molecular flexibility index (Phi) is 22.1. The van der Waals surface area contributed by atoms with E-state index < -0.39 is 11.8 Å². The molecule has 59 heavy (non-hydrogen) atoms. The second kappa shape index (κ2) is 24.4. The van der Waals surface area contributed by atoms with Crippen molar-refractivity contribution >= 4 is 217 Å². The minimum absolute atomic E-state index is 0. The molecule has 6 aromatic rings. The van der Waals surface area contributed by atoms with E-state index in [0.29, 0.717) is 42.3 Å². The maximum Gasteiger partial charge on any atom is 0.225 e. The Morgan fingerprint density at radius 1 is 0.356 bits per heavy atom. The van der Waals surface area contributed by atoms with Gasteiger partial charge in [-0.25, -0.2) is 19.9 Å². The molecular weight excluding hydrogens is 1270 g/mol. The first kappa shape index (κ1) is 53.3. The van der Waals surface area contributed by atoms with E-state index in [-0.39, 0.29) is 123 Å². The molecule has 0 bridgehead atoms. The van der Waals surface area contributed by atoms with Crippen LogP contribution < -0.4 is 0 Å². The van der Waals surface area contributed by atoms with E-state index >= 15 is 0 Å². The van der Waals surface area contributed by atoms with Crippen molar-refractivity contribution in [2.24, 2.45) is 0 Å². The first-order valence-corrected chi connectivity index (χ1v) is 21.9. The number of nitrogens with zero attached hydrogens (tertiary/aromatic N) is 4. The molecule has 0 spiro atoms.